The molecule has 0 unspecified atom stereocenters. The van der Waals surface area contributed by atoms with Gasteiger partial charge in [-0.3, -0.25) is 10.1 Å². The van der Waals surface area contributed by atoms with Gasteiger partial charge >= 0.3 is 0 Å². The summed E-state index contributed by atoms with van der Waals surface area (Å²) >= 11 is 3.46. The molecule has 1 amide bonds. The Hall–Kier alpha value is -0.560. The molecule has 2 aliphatic heterocycles. The highest BCUT2D eigenvalue weighted by Crippen LogP contribution is 2.27. The minimum Gasteiger partial charge on any atom is -0.367 e. The van der Waals surface area contributed by atoms with E-state index < -0.39 is 0 Å². The predicted molar refractivity (Wildman–Crippen MR) is 78.4 cm³/mol. The molecule has 1 aromatic rings. The van der Waals surface area contributed by atoms with Crippen molar-refractivity contribution in [1.82, 2.24) is 10.2 Å². The molecule has 1 aromatic heterocycles. The molecule has 0 spiro atoms. The maximum absolute atomic E-state index is 12.5. The van der Waals surface area contributed by atoms with Crippen LogP contribution >= 0.6 is 23.1 Å². The lowest BCUT2D eigenvalue weighted by Crippen LogP contribution is -2.52. The van der Waals surface area contributed by atoms with Gasteiger partial charge in [-0.05, 0) is 29.3 Å². The number of rotatable bonds is 2. The maximum Gasteiger partial charge on any atom is 0.240 e. The summed E-state index contributed by atoms with van der Waals surface area (Å²) in [6.07, 6.45) is 0.115. The SMILES string of the molecule is C[C@H]1CN(C(=O)[C@H]2CSCN2)C[C@@H](c2ccsc2)O1. The summed E-state index contributed by atoms with van der Waals surface area (Å²) in [5.41, 5.74) is 1.18. The van der Waals surface area contributed by atoms with Crippen molar-refractivity contribution in [3.8, 4) is 0 Å². The Morgan fingerprint density at radius 1 is 1.53 bits per heavy atom. The van der Waals surface area contributed by atoms with Crippen molar-refractivity contribution in [2.45, 2.75) is 25.2 Å². The predicted octanol–water partition coefficient (Wildman–Crippen LogP) is 1.70. The van der Waals surface area contributed by atoms with Crippen LogP contribution in [0.3, 0.4) is 0 Å². The smallest absolute Gasteiger partial charge is 0.240 e. The van der Waals surface area contributed by atoms with Gasteiger partial charge in [-0.1, -0.05) is 0 Å². The molecule has 0 radical (unpaired) electrons. The number of carbonyl (C=O) groups excluding carboxylic acids is 1. The summed E-state index contributed by atoms with van der Waals surface area (Å²) in [5.74, 6) is 1.98. The van der Waals surface area contributed by atoms with Crippen LogP contribution in [0.25, 0.3) is 0 Å². The van der Waals surface area contributed by atoms with Crippen molar-refractivity contribution in [3.63, 3.8) is 0 Å². The second-order valence-electron chi connectivity index (χ2n) is 5.01. The summed E-state index contributed by atoms with van der Waals surface area (Å²) in [5, 5.41) is 7.41. The minimum atomic E-state index is -0.0153. The van der Waals surface area contributed by atoms with Crippen LogP contribution in [0.4, 0.5) is 0 Å². The van der Waals surface area contributed by atoms with Gasteiger partial charge in [0.1, 0.15) is 6.10 Å². The molecule has 3 atom stereocenters. The quantitative estimate of drug-likeness (QED) is 0.902. The van der Waals surface area contributed by atoms with Crippen LogP contribution in [0.5, 0.6) is 0 Å². The third-order valence-corrected chi connectivity index (χ3v) is 5.14. The molecule has 1 N–H and O–H groups in total. The van der Waals surface area contributed by atoms with Crippen molar-refractivity contribution in [3.05, 3.63) is 22.4 Å². The van der Waals surface area contributed by atoms with Crippen molar-refractivity contribution >= 4 is 29.0 Å². The fourth-order valence-corrected chi connectivity index (χ4v) is 4.18. The molecule has 2 fully saturated rings. The van der Waals surface area contributed by atoms with Crippen LogP contribution in [0.1, 0.15) is 18.6 Å². The lowest BCUT2D eigenvalue weighted by atomic mass is 10.1. The van der Waals surface area contributed by atoms with Gasteiger partial charge in [0.25, 0.3) is 0 Å². The topological polar surface area (TPSA) is 41.6 Å². The lowest BCUT2D eigenvalue weighted by molar-refractivity contribution is -0.146. The fraction of sp³-hybridized carbons (Fsp3) is 0.615. The van der Waals surface area contributed by atoms with Crippen LogP contribution < -0.4 is 5.32 Å². The number of hydrogen-bond acceptors (Lipinski definition) is 5. The van der Waals surface area contributed by atoms with E-state index in [1.807, 2.05) is 11.8 Å². The van der Waals surface area contributed by atoms with Crippen LogP contribution in [0.2, 0.25) is 0 Å². The molecule has 2 saturated heterocycles. The van der Waals surface area contributed by atoms with Crippen molar-refractivity contribution in [1.29, 1.82) is 0 Å². The highest BCUT2D eigenvalue weighted by molar-refractivity contribution is 7.99. The van der Waals surface area contributed by atoms with E-state index in [-0.39, 0.29) is 24.2 Å². The molecule has 6 heteroatoms. The Labute approximate surface area is 121 Å². The number of hydrogen-bond donors (Lipinski definition) is 1. The number of nitrogens with zero attached hydrogens (tertiary/aromatic N) is 1. The summed E-state index contributed by atoms with van der Waals surface area (Å²) in [6.45, 7) is 3.40. The Morgan fingerprint density at radius 2 is 2.42 bits per heavy atom. The van der Waals surface area contributed by atoms with Crippen LogP contribution in [0.15, 0.2) is 16.8 Å². The number of amides is 1. The Bertz CT molecular complexity index is 432. The van der Waals surface area contributed by atoms with E-state index in [9.17, 15) is 4.79 Å². The molecule has 2 aliphatic rings. The third-order valence-electron chi connectivity index (χ3n) is 3.50. The van der Waals surface area contributed by atoms with Gasteiger partial charge in [-0.25, -0.2) is 0 Å². The van der Waals surface area contributed by atoms with Gasteiger partial charge in [0.05, 0.1) is 18.7 Å². The van der Waals surface area contributed by atoms with E-state index in [2.05, 4.69) is 22.1 Å². The Balaban J connectivity index is 1.69. The monoisotopic (exact) mass is 298 g/mol. The molecule has 3 heterocycles. The van der Waals surface area contributed by atoms with Gasteiger partial charge in [-0.2, -0.15) is 11.3 Å². The van der Waals surface area contributed by atoms with E-state index in [1.165, 1.54) is 5.56 Å². The van der Waals surface area contributed by atoms with Gasteiger partial charge in [0.2, 0.25) is 5.91 Å². The van der Waals surface area contributed by atoms with Gasteiger partial charge in [0.15, 0.2) is 0 Å². The number of nitrogens with one attached hydrogen (secondary N) is 1. The average molecular weight is 298 g/mol. The zero-order chi connectivity index (χ0) is 13.2. The molecule has 104 valence electrons. The second-order valence-corrected chi connectivity index (χ2v) is 6.82. The van der Waals surface area contributed by atoms with Gasteiger partial charge < -0.3 is 9.64 Å². The number of thiophene rings is 1. The van der Waals surface area contributed by atoms with Gasteiger partial charge in [0, 0.05) is 18.2 Å². The summed E-state index contributed by atoms with van der Waals surface area (Å²) in [7, 11) is 0. The highest BCUT2D eigenvalue weighted by atomic mass is 32.2. The van der Waals surface area contributed by atoms with E-state index in [0.717, 1.165) is 11.6 Å². The second kappa shape index (κ2) is 5.83. The van der Waals surface area contributed by atoms with E-state index in [4.69, 9.17) is 4.74 Å². The molecule has 19 heavy (non-hydrogen) atoms. The number of carbonyl (C=O) groups is 1. The molecule has 0 bridgehead atoms. The molecular formula is C13H18N2O2S2. The van der Waals surface area contributed by atoms with Crippen molar-refractivity contribution < 1.29 is 9.53 Å². The van der Waals surface area contributed by atoms with Gasteiger partial charge in [-0.15, -0.1) is 11.8 Å². The van der Waals surface area contributed by atoms with Crippen LogP contribution in [0, 0.1) is 0 Å². The fourth-order valence-electron chi connectivity index (χ4n) is 2.55. The number of morpholine rings is 1. The summed E-state index contributed by atoms with van der Waals surface area (Å²) in [6, 6.07) is 2.07. The lowest BCUT2D eigenvalue weighted by Gasteiger charge is -2.37. The summed E-state index contributed by atoms with van der Waals surface area (Å²) < 4.78 is 5.96. The molecule has 0 saturated carbocycles. The first-order chi connectivity index (χ1) is 9.24. The first-order valence-corrected chi connectivity index (χ1v) is 8.61. The zero-order valence-corrected chi connectivity index (χ0v) is 12.5. The molecule has 0 aliphatic carbocycles. The zero-order valence-electron chi connectivity index (χ0n) is 10.9. The van der Waals surface area contributed by atoms with Crippen molar-refractivity contribution in [2.75, 3.05) is 24.7 Å². The third kappa shape index (κ3) is 2.97. The first kappa shape index (κ1) is 13.4. The maximum atomic E-state index is 12.5. The Kier molecular flexibility index (Phi) is 4.12. The molecule has 4 nitrogen and oxygen atoms in total. The normalized spacial score (nSPS) is 31.6. The standard InChI is InChI=1S/C13H18N2O2S2/c1-9-4-15(13(16)11-7-19-8-14-11)5-12(17-9)10-2-3-18-6-10/h2-3,6,9,11-12,14H,4-5,7-8H2,1H3/t9-,11+,12-/m0/s1. The highest BCUT2D eigenvalue weighted by Gasteiger charge is 2.34. The van der Waals surface area contributed by atoms with Crippen molar-refractivity contribution in [2.24, 2.45) is 0 Å². The molecular weight excluding hydrogens is 280 g/mol. The van der Waals surface area contributed by atoms with E-state index in [0.29, 0.717) is 13.1 Å². The average Bonchev–Trinajstić information content (AvgIpc) is 3.10. The number of ether oxygens (including phenoxy) is 1. The van der Waals surface area contributed by atoms with E-state index in [1.54, 1.807) is 23.1 Å². The molecule has 0 aromatic carbocycles. The summed E-state index contributed by atoms with van der Waals surface area (Å²) in [4.78, 5) is 14.4. The van der Waals surface area contributed by atoms with Crippen LogP contribution in [-0.4, -0.2) is 47.7 Å². The first-order valence-electron chi connectivity index (χ1n) is 6.51. The Morgan fingerprint density at radius 3 is 3.11 bits per heavy atom. The molecule has 3 rings (SSSR count). The largest absolute Gasteiger partial charge is 0.367 e. The van der Waals surface area contributed by atoms with Crippen LogP contribution in [-0.2, 0) is 9.53 Å². The van der Waals surface area contributed by atoms with E-state index >= 15 is 0 Å². The number of thioether (sulfide) groups is 1. The minimum absolute atomic E-state index is 0.0153.